The van der Waals surface area contributed by atoms with E-state index in [0.717, 1.165) is 24.3 Å². The molecule has 20 heavy (non-hydrogen) atoms. The second kappa shape index (κ2) is 5.60. The van der Waals surface area contributed by atoms with Crippen LogP contribution in [0.3, 0.4) is 0 Å². The Bertz CT molecular complexity index is 569. The minimum atomic E-state index is -0.260. The van der Waals surface area contributed by atoms with Gasteiger partial charge >= 0.3 is 0 Å². The van der Waals surface area contributed by atoms with E-state index in [1.54, 1.807) is 12.3 Å². The predicted octanol–water partition coefficient (Wildman–Crippen LogP) is 2.93. The molecule has 3 atom stereocenters. The highest BCUT2D eigenvalue weighted by molar-refractivity contribution is 6.32. The molecule has 2 fully saturated rings. The van der Waals surface area contributed by atoms with Crippen LogP contribution in [0.25, 0.3) is 0 Å². The number of fused-ring (bicyclic) bond motifs is 2. The van der Waals surface area contributed by atoms with E-state index >= 15 is 0 Å². The quantitative estimate of drug-likeness (QED) is 0.849. The van der Waals surface area contributed by atoms with Gasteiger partial charge in [0.15, 0.2) is 0 Å². The predicted molar refractivity (Wildman–Crippen MR) is 81.1 cm³/mol. The van der Waals surface area contributed by atoms with Gasteiger partial charge in [0.2, 0.25) is 0 Å². The second-order valence-corrected chi connectivity index (χ2v) is 6.34. The summed E-state index contributed by atoms with van der Waals surface area (Å²) < 4.78 is 1.32. The number of hydrogen-bond acceptors (Lipinski definition) is 3. The van der Waals surface area contributed by atoms with Crippen LogP contribution in [-0.2, 0) is 6.54 Å². The Hall–Kier alpha value is -1.29. The highest BCUT2D eigenvalue weighted by Crippen LogP contribution is 2.48. The summed E-state index contributed by atoms with van der Waals surface area (Å²) in [7, 11) is 0. The third-order valence-electron chi connectivity index (χ3n) is 4.73. The van der Waals surface area contributed by atoms with E-state index < -0.39 is 0 Å². The molecule has 3 rings (SSSR count). The van der Waals surface area contributed by atoms with Crippen molar-refractivity contribution in [1.82, 2.24) is 9.78 Å². The molecule has 0 saturated heterocycles. The van der Waals surface area contributed by atoms with Gasteiger partial charge in [-0.3, -0.25) is 4.79 Å². The highest BCUT2D eigenvalue weighted by atomic mass is 35.5. The molecule has 2 aliphatic carbocycles. The van der Waals surface area contributed by atoms with E-state index in [-0.39, 0.29) is 10.6 Å². The van der Waals surface area contributed by atoms with Crippen molar-refractivity contribution < 1.29 is 0 Å². The summed E-state index contributed by atoms with van der Waals surface area (Å²) in [5.74, 6) is 2.52. The molecule has 4 nitrogen and oxygen atoms in total. The van der Waals surface area contributed by atoms with Crippen LogP contribution >= 0.6 is 11.6 Å². The Morgan fingerprint density at radius 3 is 3.00 bits per heavy atom. The molecule has 0 aromatic carbocycles. The molecule has 2 aliphatic rings. The SMILES string of the molecule is C=CCn1ncc(NCC2CC3CCC2C3)c(Cl)c1=O. The van der Waals surface area contributed by atoms with Crippen LogP contribution < -0.4 is 10.9 Å². The van der Waals surface area contributed by atoms with Gasteiger partial charge in [-0.15, -0.1) is 6.58 Å². The van der Waals surface area contributed by atoms with Gasteiger partial charge in [0, 0.05) is 6.54 Å². The number of anilines is 1. The minimum Gasteiger partial charge on any atom is -0.382 e. The lowest BCUT2D eigenvalue weighted by Crippen LogP contribution is -2.25. The van der Waals surface area contributed by atoms with Gasteiger partial charge in [-0.25, -0.2) is 4.68 Å². The van der Waals surface area contributed by atoms with Gasteiger partial charge < -0.3 is 5.32 Å². The third kappa shape index (κ3) is 2.49. The first kappa shape index (κ1) is 13.7. The Balaban J connectivity index is 1.67. The molecule has 2 saturated carbocycles. The maximum atomic E-state index is 12.0. The molecule has 0 spiro atoms. The van der Waals surface area contributed by atoms with Crippen LogP contribution in [0.2, 0.25) is 5.02 Å². The maximum Gasteiger partial charge on any atom is 0.287 e. The van der Waals surface area contributed by atoms with E-state index in [1.807, 2.05) is 0 Å². The standard InChI is InChI=1S/C15H20ClN3O/c1-2-5-19-15(20)14(16)13(9-18-19)17-8-12-7-10-3-4-11(12)6-10/h2,9-12,17H,1,3-8H2. The zero-order chi connectivity index (χ0) is 14.1. The molecular weight excluding hydrogens is 274 g/mol. The first-order chi connectivity index (χ1) is 9.69. The summed E-state index contributed by atoms with van der Waals surface area (Å²) in [5.41, 5.74) is 0.393. The average molecular weight is 294 g/mol. The molecule has 1 aromatic heterocycles. The van der Waals surface area contributed by atoms with Gasteiger partial charge in [0.25, 0.3) is 5.56 Å². The summed E-state index contributed by atoms with van der Waals surface area (Å²) in [6, 6.07) is 0. The zero-order valence-corrected chi connectivity index (χ0v) is 12.3. The van der Waals surface area contributed by atoms with Crippen molar-refractivity contribution >= 4 is 17.3 Å². The lowest BCUT2D eigenvalue weighted by molar-refractivity contribution is 0.348. The van der Waals surface area contributed by atoms with E-state index in [1.165, 1.54) is 30.4 Å². The van der Waals surface area contributed by atoms with Crippen molar-refractivity contribution in [3.8, 4) is 0 Å². The molecule has 1 aromatic rings. The molecule has 5 heteroatoms. The second-order valence-electron chi connectivity index (χ2n) is 5.96. The van der Waals surface area contributed by atoms with Crippen molar-refractivity contribution in [3.63, 3.8) is 0 Å². The Morgan fingerprint density at radius 2 is 2.35 bits per heavy atom. The van der Waals surface area contributed by atoms with E-state index in [4.69, 9.17) is 11.6 Å². The molecule has 0 aliphatic heterocycles. The zero-order valence-electron chi connectivity index (χ0n) is 11.5. The van der Waals surface area contributed by atoms with Crippen LogP contribution in [-0.4, -0.2) is 16.3 Å². The molecule has 0 radical (unpaired) electrons. The lowest BCUT2D eigenvalue weighted by atomic mass is 9.89. The van der Waals surface area contributed by atoms with Crippen LogP contribution in [0.1, 0.15) is 25.7 Å². The number of allylic oxidation sites excluding steroid dienone is 1. The van der Waals surface area contributed by atoms with E-state index in [2.05, 4.69) is 17.0 Å². The number of aromatic nitrogens is 2. The first-order valence-electron chi connectivity index (χ1n) is 7.29. The van der Waals surface area contributed by atoms with E-state index in [9.17, 15) is 4.79 Å². The minimum absolute atomic E-state index is 0.227. The fraction of sp³-hybridized carbons (Fsp3) is 0.600. The summed E-state index contributed by atoms with van der Waals surface area (Å²) in [5, 5.41) is 7.65. The van der Waals surface area contributed by atoms with Gasteiger partial charge in [-0.05, 0) is 37.0 Å². The summed E-state index contributed by atoms with van der Waals surface area (Å²) in [4.78, 5) is 12.0. The monoisotopic (exact) mass is 293 g/mol. The van der Waals surface area contributed by atoms with Gasteiger partial charge in [-0.2, -0.15) is 5.10 Å². The van der Waals surface area contributed by atoms with Gasteiger partial charge in [0.1, 0.15) is 5.02 Å². The fourth-order valence-corrected chi connectivity index (χ4v) is 3.92. The summed E-state index contributed by atoms with van der Waals surface area (Å²) >= 11 is 6.13. The number of nitrogens with one attached hydrogen (secondary N) is 1. The van der Waals surface area contributed by atoms with E-state index in [0.29, 0.717) is 12.2 Å². The van der Waals surface area contributed by atoms with Crippen LogP contribution in [0.4, 0.5) is 5.69 Å². The van der Waals surface area contributed by atoms with Crippen LogP contribution in [0.15, 0.2) is 23.6 Å². The van der Waals surface area contributed by atoms with Crippen molar-refractivity contribution in [2.75, 3.05) is 11.9 Å². The van der Waals surface area contributed by atoms with Crippen molar-refractivity contribution in [2.24, 2.45) is 17.8 Å². The Morgan fingerprint density at radius 1 is 1.50 bits per heavy atom. The number of rotatable bonds is 5. The highest BCUT2D eigenvalue weighted by Gasteiger charge is 2.39. The molecular formula is C15H20ClN3O. The molecule has 1 N–H and O–H groups in total. The topological polar surface area (TPSA) is 46.9 Å². The lowest BCUT2D eigenvalue weighted by Gasteiger charge is -2.22. The maximum absolute atomic E-state index is 12.0. The summed E-state index contributed by atoms with van der Waals surface area (Å²) in [6.07, 6.45) is 8.74. The number of hydrogen-bond donors (Lipinski definition) is 1. The molecule has 3 unspecified atom stereocenters. The van der Waals surface area contributed by atoms with Gasteiger partial charge in [0.05, 0.1) is 18.4 Å². The van der Waals surface area contributed by atoms with Crippen molar-refractivity contribution in [1.29, 1.82) is 0 Å². The first-order valence-corrected chi connectivity index (χ1v) is 7.67. The van der Waals surface area contributed by atoms with Crippen molar-refractivity contribution in [2.45, 2.75) is 32.2 Å². The van der Waals surface area contributed by atoms with Gasteiger partial charge in [-0.1, -0.05) is 24.1 Å². The smallest absolute Gasteiger partial charge is 0.287 e. The molecule has 2 bridgehead atoms. The fourth-order valence-electron chi connectivity index (χ4n) is 3.71. The molecule has 1 heterocycles. The molecule has 0 amide bonds. The number of nitrogens with zero attached hydrogens (tertiary/aromatic N) is 2. The van der Waals surface area contributed by atoms with Crippen molar-refractivity contribution in [3.05, 3.63) is 34.2 Å². The Labute approximate surface area is 123 Å². The molecule has 108 valence electrons. The largest absolute Gasteiger partial charge is 0.382 e. The van der Waals surface area contributed by atoms with Crippen LogP contribution in [0, 0.1) is 17.8 Å². The summed E-state index contributed by atoms with van der Waals surface area (Å²) in [6.45, 7) is 4.88. The normalized spacial score (nSPS) is 27.8. The van der Waals surface area contributed by atoms with Crippen LogP contribution in [0.5, 0.6) is 0 Å². The Kier molecular flexibility index (Phi) is 3.83. The third-order valence-corrected chi connectivity index (χ3v) is 5.09. The average Bonchev–Trinajstić information content (AvgIpc) is 3.06. The number of halogens is 1.